The number of sulfonamides is 1. The Morgan fingerprint density at radius 2 is 1.90 bits per heavy atom. The van der Waals surface area contributed by atoms with Crippen molar-refractivity contribution < 1.29 is 13.2 Å². The molecule has 0 spiro atoms. The summed E-state index contributed by atoms with van der Waals surface area (Å²) in [7, 11) is -3.80. The van der Waals surface area contributed by atoms with Crippen molar-refractivity contribution in [2.24, 2.45) is 5.14 Å². The van der Waals surface area contributed by atoms with Crippen LogP contribution in [0.5, 0.6) is 0 Å². The van der Waals surface area contributed by atoms with Crippen LogP contribution in [0.4, 0.5) is 5.69 Å². The summed E-state index contributed by atoms with van der Waals surface area (Å²) in [5.74, 6) is 0.203. The highest BCUT2D eigenvalue weighted by Crippen LogP contribution is 2.27. The van der Waals surface area contributed by atoms with Crippen LogP contribution in [0.1, 0.15) is 20.8 Å². The summed E-state index contributed by atoms with van der Waals surface area (Å²) >= 11 is 1.34. The summed E-state index contributed by atoms with van der Waals surface area (Å²) in [6.45, 7) is 6.58. The minimum atomic E-state index is -3.80. The van der Waals surface area contributed by atoms with Crippen molar-refractivity contribution in [3.63, 3.8) is 0 Å². The fourth-order valence-corrected chi connectivity index (χ4v) is 4.67. The average molecular weight is 433 g/mol. The number of rotatable bonds is 7. The van der Waals surface area contributed by atoms with Gasteiger partial charge in [0.25, 0.3) is 0 Å². The van der Waals surface area contributed by atoms with Crippen molar-refractivity contribution in [3.05, 3.63) is 48.5 Å². The van der Waals surface area contributed by atoms with E-state index in [-0.39, 0.29) is 22.6 Å². The highest BCUT2D eigenvalue weighted by atomic mass is 32.2. The van der Waals surface area contributed by atoms with Crippen LogP contribution >= 0.6 is 11.8 Å². The number of aryl methyl sites for hydroxylation is 1. The number of primary sulfonamides is 1. The van der Waals surface area contributed by atoms with E-state index in [4.69, 9.17) is 5.14 Å². The quantitative estimate of drug-likeness (QED) is 0.578. The topological polar surface area (TPSA) is 98.3 Å². The first-order chi connectivity index (χ1) is 13.7. The predicted molar refractivity (Wildman–Crippen MR) is 117 cm³/mol. The van der Waals surface area contributed by atoms with E-state index in [0.29, 0.717) is 17.2 Å². The van der Waals surface area contributed by atoms with Crippen LogP contribution < -0.4 is 10.0 Å². The fourth-order valence-electron chi connectivity index (χ4n) is 3.19. The number of hydrogen-bond donors (Lipinski definition) is 1. The average Bonchev–Trinajstić information content (AvgIpc) is 3.03. The summed E-state index contributed by atoms with van der Waals surface area (Å²) in [6, 6.07) is 14.2. The number of anilines is 1. The minimum Gasteiger partial charge on any atom is -0.319 e. The molecular formula is C20H24N4O3S2. The highest BCUT2D eigenvalue weighted by Gasteiger charge is 2.21. The maximum Gasteiger partial charge on any atom is 0.238 e. The number of aromatic nitrogens is 2. The number of carbonyl (C=O) groups is 1. The SMILES string of the molecule is CCn1c(SCC(=O)N(c2ccccc2)C(C)C)nc2cc(S(N)(=O)=O)ccc21. The van der Waals surface area contributed by atoms with Crippen molar-refractivity contribution in [1.82, 2.24) is 9.55 Å². The lowest BCUT2D eigenvalue weighted by atomic mass is 10.2. The molecule has 1 heterocycles. The second kappa shape index (κ2) is 8.56. The Morgan fingerprint density at radius 3 is 2.48 bits per heavy atom. The van der Waals surface area contributed by atoms with Crippen LogP contribution in [-0.4, -0.2) is 35.7 Å². The van der Waals surface area contributed by atoms with Crippen LogP contribution in [0.2, 0.25) is 0 Å². The molecule has 0 saturated carbocycles. The first-order valence-corrected chi connectivity index (χ1v) is 11.8. The Labute approximate surface area is 175 Å². The van der Waals surface area contributed by atoms with E-state index in [0.717, 1.165) is 11.2 Å². The van der Waals surface area contributed by atoms with E-state index in [2.05, 4.69) is 4.98 Å². The van der Waals surface area contributed by atoms with Gasteiger partial charge in [0.2, 0.25) is 15.9 Å². The van der Waals surface area contributed by atoms with Gasteiger partial charge in [-0.25, -0.2) is 18.5 Å². The van der Waals surface area contributed by atoms with Gasteiger partial charge in [-0.2, -0.15) is 0 Å². The lowest BCUT2D eigenvalue weighted by Crippen LogP contribution is -2.38. The number of nitrogens with zero attached hydrogens (tertiary/aromatic N) is 3. The lowest BCUT2D eigenvalue weighted by Gasteiger charge is -2.26. The van der Waals surface area contributed by atoms with Crippen molar-refractivity contribution >= 4 is 44.4 Å². The van der Waals surface area contributed by atoms with Crippen molar-refractivity contribution in [1.29, 1.82) is 0 Å². The van der Waals surface area contributed by atoms with Gasteiger partial charge >= 0.3 is 0 Å². The number of thioether (sulfide) groups is 1. The Hall–Kier alpha value is -2.36. The number of nitrogens with two attached hydrogens (primary N) is 1. The molecule has 0 unspecified atom stereocenters. The van der Waals surface area contributed by atoms with Gasteiger partial charge < -0.3 is 9.47 Å². The summed E-state index contributed by atoms with van der Waals surface area (Å²) in [5.41, 5.74) is 2.20. The van der Waals surface area contributed by atoms with Gasteiger partial charge in [0, 0.05) is 18.3 Å². The van der Waals surface area contributed by atoms with Gasteiger partial charge in [-0.15, -0.1) is 0 Å². The number of carbonyl (C=O) groups excluding carboxylic acids is 1. The monoisotopic (exact) mass is 432 g/mol. The zero-order valence-corrected chi connectivity index (χ0v) is 18.2. The van der Waals surface area contributed by atoms with Gasteiger partial charge in [-0.3, -0.25) is 4.79 Å². The second-order valence-electron chi connectivity index (χ2n) is 6.82. The van der Waals surface area contributed by atoms with Gasteiger partial charge in [-0.1, -0.05) is 30.0 Å². The van der Waals surface area contributed by atoms with E-state index in [1.54, 1.807) is 11.0 Å². The molecule has 0 bridgehead atoms. The summed E-state index contributed by atoms with van der Waals surface area (Å²) < 4.78 is 25.2. The van der Waals surface area contributed by atoms with Crippen LogP contribution in [0.25, 0.3) is 11.0 Å². The van der Waals surface area contributed by atoms with Crippen LogP contribution in [0.3, 0.4) is 0 Å². The molecule has 0 fully saturated rings. The third kappa shape index (κ3) is 4.63. The molecule has 0 saturated heterocycles. The maximum absolute atomic E-state index is 12.9. The predicted octanol–water partition coefficient (Wildman–Crippen LogP) is 3.24. The highest BCUT2D eigenvalue weighted by molar-refractivity contribution is 7.99. The molecule has 3 aromatic rings. The standard InChI is InChI=1S/C20H24N4O3S2/c1-4-23-18-11-10-16(29(21,26)27)12-17(18)22-20(23)28-13-19(25)24(14(2)3)15-8-6-5-7-9-15/h5-12,14H,4,13H2,1-3H3,(H2,21,26,27). The number of fused-ring (bicyclic) bond motifs is 1. The molecule has 0 radical (unpaired) electrons. The Balaban J connectivity index is 1.86. The molecule has 9 heteroatoms. The Kier molecular flexibility index (Phi) is 6.30. The fraction of sp³-hybridized carbons (Fsp3) is 0.300. The molecule has 0 atom stereocenters. The molecule has 1 aromatic heterocycles. The number of amides is 1. The molecule has 7 nitrogen and oxygen atoms in total. The summed E-state index contributed by atoms with van der Waals surface area (Å²) in [5, 5.41) is 5.89. The molecule has 0 aliphatic carbocycles. The maximum atomic E-state index is 12.9. The van der Waals surface area contributed by atoms with Gasteiger partial charge in [0.1, 0.15) is 0 Å². The van der Waals surface area contributed by atoms with E-state index < -0.39 is 10.0 Å². The Bertz CT molecular complexity index is 1130. The van der Waals surface area contributed by atoms with Crippen molar-refractivity contribution in [3.8, 4) is 0 Å². The van der Waals surface area contributed by atoms with Gasteiger partial charge in [0.15, 0.2) is 5.16 Å². The lowest BCUT2D eigenvalue weighted by molar-refractivity contribution is -0.116. The van der Waals surface area contributed by atoms with Gasteiger partial charge in [0.05, 0.1) is 21.7 Å². The van der Waals surface area contributed by atoms with E-state index in [1.165, 1.54) is 23.9 Å². The zero-order valence-electron chi connectivity index (χ0n) is 16.6. The zero-order chi connectivity index (χ0) is 21.2. The second-order valence-corrected chi connectivity index (χ2v) is 9.32. The Morgan fingerprint density at radius 1 is 1.21 bits per heavy atom. The molecule has 2 N–H and O–H groups in total. The largest absolute Gasteiger partial charge is 0.319 e. The van der Waals surface area contributed by atoms with E-state index in [9.17, 15) is 13.2 Å². The van der Waals surface area contributed by atoms with E-state index in [1.807, 2.05) is 55.7 Å². The number of para-hydroxylation sites is 1. The first-order valence-electron chi connectivity index (χ1n) is 9.25. The number of hydrogen-bond acceptors (Lipinski definition) is 5. The normalized spacial score (nSPS) is 11.9. The molecule has 0 aliphatic rings. The molecule has 0 aliphatic heterocycles. The van der Waals surface area contributed by atoms with Crippen LogP contribution in [0.15, 0.2) is 58.6 Å². The summed E-state index contributed by atoms with van der Waals surface area (Å²) in [4.78, 5) is 19.3. The summed E-state index contributed by atoms with van der Waals surface area (Å²) in [6.07, 6.45) is 0. The number of benzene rings is 2. The molecule has 29 heavy (non-hydrogen) atoms. The first kappa shape index (κ1) is 21.4. The molecule has 1 amide bonds. The molecule has 2 aromatic carbocycles. The van der Waals surface area contributed by atoms with E-state index >= 15 is 0 Å². The third-order valence-electron chi connectivity index (χ3n) is 4.47. The van der Waals surface area contributed by atoms with Crippen molar-refractivity contribution in [2.45, 2.75) is 43.4 Å². The van der Waals surface area contributed by atoms with Crippen LogP contribution in [-0.2, 0) is 21.4 Å². The molecule has 3 rings (SSSR count). The smallest absolute Gasteiger partial charge is 0.238 e. The minimum absolute atomic E-state index is 0.0175. The third-order valence-corrected chi connectivity index (χ3v) is 6.35. The van der Waals surface area contributed by atoms with Crippen LogP contribution in [0, 0.1) is 0 Å². The molecule has 154 valence electrons. The number of imidazole rings is 1. The molecular weight excluding hydrogens is 408 g/mol. The van der Waals surface area contributed by atoms with Gasteiger partial charge in [-0.05, 0) is 51.1 Å². The van der Waals surface area contributed by atoms with Crippen molar-refractivity contribution in [2.75, 3.05) is 10.7 Å².